The highest BCUT2D eigenvalue weighted by atomic mass is 16.3. The minimum absolute atomic E-state index is 0.121. The fraction of sp³-hybridized carbons (Fsp3) is 0.294. The van der Waals surface area contributed by atoms with Crippen LogP contribution in [0, 0.1) is 0 Å². The number of aromatic nitrogens is 4. The molecule has 0 aliphatic rings. The van der Waals surface area contributed by atoms with Gasteiger partial charge < -0.3 is 9.67 Å². The molecule has 2 heterocycles. The first kappa shape index (κ1) is 17.5. The molecule has 0 aliphatic heterocycles. The van der Waals surface area contributed by atoms with Crippen molar-refractivity contribution in [3.8, 4) is 5.75 Å². The van der Waals surface area contributed by atoms with E-state index in [1.165, 1.54) is 11.6 Å². The number of nitrogens with zero attached hydrogens (tertiary/aromatic N) is 5. The predicted octanol–water partition coefficient (Wildman–Crippen LogP) is 0.995. The van der Waals surface area contributed by atoms with Gasteiger partial charge in [0.1, 0.15) is 5.75 Å². The number of rotatable bonds is 4. The van der Waals surface area contributed by atoms with Gasteiger partial charge in [0.25, 0.3) is 5.56 Å². The summed E-state index contributed by atoms with van der Waals surface area (Å²) < 4.78 is 4.04. The summed E-state index contributed by atoms with van der Waals surface area (Å²) in [5.74, 6) is 0.464. The van der Waals surface area contributed by atoms with Gasteiger partial charge in [-0.15, -0.1) is 0 Å². The maximum atomic E-state index is 12.5. The topological polar surface area (TPSA) is 106 Å². The molecule has 3 aromatic rings. The van der Waals surface area contributed by atoms with Crippen LogP contribution in [-0.4, -0.2) is 29.5 Å². The number of hydrogen-bond acceptors (Lipinski definition) is 6. The molecule has 0 amide bonds. The van der Waals surface area contributed by atoms with Gasteiger partial charge in [0.2, 0.25) is 5.95 Å². The largest absolute Gasteiger partial charge is 0.507 e. The van der Waals surface area contributed by atoms with Gasteiger partial charge in [0, 0.05) is 26.2 Å². The van der Waals surface area contributed by atoms with Crippen LogP contribution in [-0.2, 0) is 20.6 Å². The van der Waals surface area contributed by atoms with Gasteiger partial charge in [-0.25, -0.2) is 10.2 Å². The van der Waals surface area contributed by atoms with E-state index in [2.05, 4.69) is 15.5 Å². The minimum atomic E-state index is -0.441. The first-order valence-corrected chi connectivity index (χ1v) is 8.11. The van der Waals surface area contributed by atoms with Crippen LogP contribution in [0.5, 0.6) is 5.75 Å². The number of phenols is 1. The Morgan fingerprint density at radius 1 is 1.23 bits per heavy atom. The Hall–Kier alpha value is -3.36. The summed E-state index contributed by atoms with van der Waals surface area (Å²) in [6.45, 7) is 4.09. The average Bonchev–Trinajstić information content (AvgIpc) is 3.01. The second-order valence-electron chi connectivity index (χ2n) is 5.88. The molecule has 136 valence electrons. The fourth-order valence-electron chi connectivity index (χ4n) is 2.81. The van der Waals surface area contributed by atoms with Crippen LogP contribution >= 0.6 is 0 Å². The van der Waals surface area contributed by atoms with Crippen LogP contribution in [0.25, 0.3) is 11.2 Å². The van der Waals surface area contributed by atoms with Gasteiger partial charge in [0.15, 0.2) is 11.2 Å². The third kappa shape index (κ3) is 2.67. The number of fused-ring (bicyclic) bond motifs is 1. The number of aryl methyl sites for hydroxylation is 2. The molecule has 0 aliphatic carbocycles. The monoisotopic (exact) mass is 356 g/mol. The van der Waals surface area contributed by atoms with Crippen molar-refractivity contribution in [3.05, 3.63) is 50.7 Å². The average molecular weight is 356 g/mol. The van der Waals surface area contributed by atoms with E-state index in [0.717, 1.165) is 4.57 Å². The smallest absolute Gasteiger partial charge is 0.332 e. The van der Waals surface area contributed by atoms with Gasteiger partial charge in [-0.3, -0.25) is 13.9 Å². The van der Waals surface area contributed by atoms with Crippen molar-refractivity contribution in [1.29, 1.82) is 0 Å². The van der Waals surface area contributed by atoms with Crippen LogP contribution in [0.1, 0.15) is 19.4 Å². The molecule has 0 fully saturated rings. The van der Waals surface area contributed by atoms with Crippen molar-refractivity contribution in [1.82, 2.24) is 18.7 Å². The molecule has 9 heteroatoms. The van der Waals surface area contributed by atoms with E-state index in [1.807, 2.05) is 6.92 Å². The van der Waals surface area contributed by atoms with Crippen LogP contribution < -0.4 is 16.7 Å². The molecule has 2 N–H and O–H groups in total. The number of para-hydroxylation sites is 1. The number of hydrazone groups is 1. The first-order valence-electron chi connectivity index (χ1n) is 8.11. The van der Waals surface area contributed by atoms with Gasteiger partial charge in [0.05, 0.1) is 5.71 Å². The lowest BCUT2D eigenvalue weighted by molar-refractivity contribution is 0.474. The normalized spacial score (nSPS) is 11.9. The minimum Gasteiger partial charge on any atom is -0.507 e. The van der Waals surface area contributed by atoms with Crippen molar-refractivity contribution in [2.24, 2.45) is 19.2 Å². The van der Waals surface area contributed by atoms with Crippen molar-refractivity contribution in [3.63, 3.8) is 0 Å². The van der Waals surface area contributed by atoms with E-state index in [-0.39, 0.29) is 11.4 Å². The Bertz CT molecular complexity index is 1140. The molecular weight excluding hydrogens is 336 g/mol. The molecule has 0 unspecified atom stereocenters. The molecular formula is C17H20N6O3. The third-order valence-corrected chi connectivity index (χ3v) is 4.28. The summed E-state index contributed by atoms with van der Waals surface area (Å²) in [6, 6.07) is 6.86. The summed E-state index contributed by atoms with van der Waals surface area (Å²) in [5, 5.41) is 14.2. The lowest BCUT2D eigenvalue weighted by Gasteiger charge is -2.07. The quantitative estimate of drug-likeness (QED) is 0.536. The van der Waals surface area contributed by atoms with Gasteiger partial charge >= 0.3 is 5.69 Å². The molecule has 0 radical (unpaired) electrons. The maximum absolute atomic E-state index is 12.5. The summed E-state index contributed by atoms with van der Waals surface area (Å²) in [4.78, 5) is 29.0. The number of nitrogens with one attached hydrogen (secondary N) is 1. The Labute approximate surface area is 148 Å². The first-order chi connectivity index (χ1) is 12.4. The SMILES string of the molecule is CCn1c(N/N=C(\C)c2ccccc2O)nc2c1c(=O)n(C)c(=O)n2C. The number of benzene rings is 1. The molecule has 0 bridgehead atoms. The summed E-state index contributed by atoms with van der Waals surface area (Å²) in [7, 11) is 3.00. The molecule has 0 atom stereocenters. The van der Waals surface area contributed by atoms with Crippen molar-refractivity contribution in [2.45, 2.75) is 20.4 Å². The lowest BCUT2D eigenvalue weighted by atomic mass is 10.1. The maximum Gasteiger partial charge on any atom is 0.332 e. The zero-order valence-corrected chi connectivity index (χ0v) is 15.0. The van der Waals surface area contributed by atoms with Gasteiger partial charge in [-0.2, -0.15) is 10.1 Å². The Kier molecular flexibility index (Phi) is 4.37. The Morgan fingerprint density at radius 2 is 1.92 bits per heavy atom. The Balaban J connectivity index is 2.12. The van der Waals surface area contributed by atoms with Crippen molar-refractivity contribution >= 4 is 22.8 Å². The lowest BCUT2D eigenvalue weighted by Crippen LogP contribution is -2.37. The van der Waals surface area contributed by atoms with Gasteiger partial charge in [-0.1, -0.05) is 12.1 Å². The Morgan fingerprint density at radius 3 is 2.58 bits per heavy atom. The highest BCUT2D eigenvalue weighted by Crippen LogP contribution is 2.18. The number of aromatic hydroxyl groups is 1. The molecule has 26 heavy (non-hydrogen) atoms. The van der Waals surface area contributed by atoms with Crippen LogP contribution in [0.3, 0.4) is 0 Å². The number of anilines is 1. The number of phenolic OH excluding ortho intramolecular Hbond substituents is 1. The molecule has 1 aromatic carbocycles. The summed E-state index contributed by atoms with van der Waals surface area (Å²) >= 11 is 0. The van der Waals surface area contributed by atoms with E-state index in [1.54, 1.807) is 42.8 Å². The number of hydrogen-bond donors (Lipinski definition) is 2. The standard InChI is InChI=1S/C17H20N6O3/c1-5-23-13-14(21(3)17(26)22(4)15(13)25)18-16(23)20-19-10(2)11-8-6-7-9-12(11)24/h6-9,24H,5H2,1-4H3,(H,18,20)/b19-10+. The van der Waals surface area contributed by atoms with Crippen molar-refractivity contribution < 1.29 is 5.11 Å². The molecule has 2 aromatic heterocycles. The van der Waals surface area contributed by atoms with E-state index in [4.69, 9.17) is 0 Å². The molecule has 0 saturated heterocycles. The second kappa shape index (κ2) is 6.51. The zero-order valence-electron chi connectivity index (χ0n) is 15.0. The van der Waals surface area contributed by atoms with Crippen LogP contribution in [0.15, 0.2) is 39.0 Å². The van der Waals surface area contributed by atoms with E-state index >= 15 is 0 Å². The fourth-order valence-corrected chi connectivity index (χ4v) is 2.81. The predicted molar refractivity (Wildman–Crippen MR) is 99.8 cm³/mol. The van der Waals surface area contributed by atoms with Crippen LogP contribution in [0.4, 0.5) is 5.95 Å². The molecule has 0 saturated carbocycles. The summed E-state index contributed by atoms with van der Waals surface area (Å²) in [5.41, 5.74) is 3.75. The van der Waals surface area contributed by atoms with E-state index in [9.17, 15) is 14.7 Å². The van der Waals surface area contributed by atoms with Gasteiger partial charge in [-0.05, 0) is 26.0 Å². The van der Waals surface area contributed by atoms with E-state index in [0.29, 0.717) is 29.3 Å². The van der Waals surface area contributed by atoms with Crippen LogP contribution in [0.2, 0.25) is 0 Å². The second-order valence-corrected chi connectivity index (χ2v) is 5.88. The number of imidazole rings is 1. The van der Waals surface area contributed by atoms with E-state index < -0.39 is 11.2 Å². The highest BCUT2D eigenvalue weighted by molar-refractivity contribution is 6.01. The third-order valence-electron chi connectivity index (χ3n) is 4.28. The molecule has 0 spiro atoms. The van der Waals surface area contributed by atoms with Crippen molar-refractivity contribution in [2.75, 3.05) is 5.43 Å². The summed E-state index contributed by atoms with van der Waals surface area (Å²) in [6.07, 6.45) is 0. The molecule has 3 rings (SSSR count). The highest BCUT2D eigenvalue weighted by Gasteiger charge is 2.18. The zero-order chi connectivity index (χ0) is 19.0. The molecule has 9 nitrogen and oxygen atoms in total.